The molecule has 0 spiro atoms. The van der Waals surface area contributed by atoms with E-state index >= 15 is 0 Å². The fraction of sp³-hybridized carbons (Fsp3) is 0.125. The molecule has 156 valence electrons. The Kier molecular flexibility index (Phi) is 5.77. The summed E-state index contributed by atoms with van der Waals surface area (Å²) in [6.45, 7) is 4.56. The molecule has 0 unspecified atom stereocenters. The highest BCUT2D eigenvalue weighted by molar-refractivity contribution is 6.02. The third-order valence-electron chi connectivity index (χ3n) is 5.20. The number of carbonyl (C=O) groups is 1. The molecule has 2 aromatic heterocycles. The summed E-state index contributed by atoms with van der Waals surface area (Å²) < 4.78 is 1.98. The van der Waals surface area contributed by atoms with E-state index in [-0.39, 0.29) is 12.5 Å². The van der Waals surface area contributed by atoms with Gasteiger partial charge in [-0.15, -0.1) is 0 Å². The van der Waals surface area contributed by atoms with Crippen LogP contribution in [0.2, 0.25) is 0 Å². The molecule has 0 bridgehead atoms. The van der Waals surface area contributed by atoms with Crippen molar-refractivity contribution in [3.05, 3.63) is 85.3 Å². The van der Waals surface area contributed by atoms with E-state index in [0.717, 1.165) is 27.8 Å². The van der Waals surface area contributed by atoms with Gasteiger partial charge in [-0.05, 0) is 29.3 Å². The fourth-order valence-corrected chi connectivity index (χ4v) is 3.62. The molecule has 0 aliphatic heterocycles. The molecule has 4 aromatic rings. The molecule has 31 heavy (non-hydrogen) atoms. The van der Waals surface area contributed by atoms with Crippen molar-refractivity contribution in [2.45, 2.75) is 13.2 Å². The number of aliphatic hydroxyl groups excluding tert-OH is 1. The first-order chi connectivity index (χ1) is 15.1. The molecule has 0 saturated carbocycles. The molecule has 4 rings (SSSR count). The van der Waals surface area contributed by atoms with Crippen LogP contribution in [0.15, 0.2) is 79.8 Å². The van der Waals surface area contributed by atoms with Gasteiger partial charge in [0.05, 0.1) is 12.0 Å². The van der Waals surface area contributed by atoms with E-state index in [0.29, 0.717) is 24.6 Å². The van der Waals surface area contributed by atoms with Gasteiger partial charge in [-0.1, -0.05) is 49.0 Å². The zero-order chi connectivity index (χ0) is 21.8. The van der Waals surface area contributed by atoms with Crippen molar-refractivity contribution in [1.29, 1.82) is 0 Å². The molecule has 0 saturated heterocycles. The van der Waals surface area contributed by atoms with Gasteiger partial charge in [-0.3, -0.25) is 4.79 Å². The van der Waals surface area contributed by atoms with Gasteiger partial charge >= 0.3 is 0 Å². The summed E-state index contributed by atoms with van der Waals surface area (Å²) in [7, 11) is 0. The van der Waals surface area contributed by atoms with Crippen LogP contribution in [0.25, 0.3) is 22.2 Å². The number of benzene rings is 2. The molecule has 0 aliphatic carbocycles. The first kappa shape index (κ1) is 20.3. The summed E-state index contributed by atoms with van der Waals surface area (Å²) in [6.07, 6.45) is 4.73. The smallest absolute Gasteiger partial charge is 0.250 e. The van der Waals surface area contributed by atoms with Crippen molar-refractivity contribution >= 4 is 28.4 Å². The number of aliphatic hydroxyl groups is 1. The van der Waals surface area contributed by atoms with Gasteiger partial charge in [0.2, 0.25) is 5.91 Å². The number of nitrogens with two attached hydrogens (primary N) is 1. The highest BCUT2D eigenvalue weighted by atomic mass is 16.3. The van der Waals surface area contributed by atoms with Crippen LogP contribution in [0.3, 0.4) is 0 Å². The number of fused-ring (bicyclic) bond motifs is 1. The number of hydrogen-bond acceptors (Lipinski definition) is 5. The van der Waals surface area contributed by atoms with Crippen LogP contribution in [0.4, 0.5) is 11.5 Å². The topological polar surface area (TPSA) is 97.3 Å². The first-order valence-corrected chi connectivity index (χ1v) is 9.91. The average molecular weight is 413 g/mol. The van der Waals surface area contributed by atoms with Gasteiger partial charge in [-0.25, -0.2) is 9.97 Å². The summed E-state index contributed by atoms with van der Waals surface area (Å²) >= 11 is 0. The minimum atomic E-state index is -0.170. The number of hydrogen-bond donors (Lipinski definition) is 2. The van der Waals surface area contributed by atoms with E-state index in [9.17, 15) is 9.90 Å². The maximum Gasteiger partial charge on any atom is 0.250 e. The van der Waals surface area contributed by atoms with E-state index in [1.54, 1.807) is 4.90 Å². The predicted molar refractivity (Wildman–Crippen MR) is 122 cm³/mol. The van der Waals surface area contributed by atoms with E-state index in [1.807, 2.05) is 65.4 Å². The van der Waals surface area contributed by atoms with Crippen LogP contribution in [-0.2, 0) is 17.9 Å². The standard InChI is InChI=1S/C24H23N5O2/c1-2-21(31)29(19-6-4-3-5-7-19)13-12-28-14-20(18-10-8-17(15-30)9-11-18)22-23(25)26-16-27-24(22)28/h2-11,14,16,30H,1,12-13,15H2,(H2,25,26,27). The van der Waals surface area contributed by atoms with Crippen LogP contribution in [0.1, 0.15) is 5.56 Å². The molecule has 2 heterocycles. The van der Waals surface area contributed by atoms with Crippen molar-refractivity contribution in [2.24, 2.45) is 0 Å². The molecular weight excluding hydrogens is 390 g/mol. The van der Waals surface area contributed by atoms with Crippen LogP contribution in [0.5, 0.6) is 0 Å². The van der Waals surface area contributed by atoms with E-state index < -0.39 is 0 Å². The zero-order valence-electron chi connectivity index (χ0n) is 17.0. The molecule has 0 fully saturated rings. The molecule has 7 nitrogen and oxygen atoms in total. The lowest BCUT2D eigenvalue weighted by Crippen LogP contribution is -2.32. The van der Waals surface area contributed by atoms with E-state index in [2.05, 4.69) is 16.5 Å². The summed E-state index contributed by atoms with van der Waals surface area (Å²) in [4.78, 5) is 22.8. The van der Waals surface area contributed by atoms with Crippen molar-refractivity contribution < 1.29 is 9.90 Å². The third kappa shape index (κ3) is 4.04. The van der Waals surface area contributed by atoms with Gasteiger partial charge in [0, 0.05) is 30.5 Å². The third-order valence-corrected chi connectivity index (χ3v) is 5.20. The summed E-state index contributed by atoms with van der Waals surface area (Å²) in [5, 5.41) is 10.1. The predicted octanol–water partition coefficient (Wildman–Crippen LogP) is 3.39. The lowest BCUT2D eigenvalue weighted by atomic mass is 10.0. The average Bonchev–Trinajstić information content (AvgIpc) is 3.19. The van der Waals surface area contributed by atoms with Gasteiger partial charge in [0.15, 0.2) is 0 Å². The largest absolute Gasteiger partial charge is 0.392 e. The fourth-order valence-electron chi connectivity index (χ4n) is 3.62. The minimum absolute atomic E-state index is 0.0139. The summed E-state index contributed by atoms with van der Waals surface area (Å²) in [5.41, 5.74) is 10.4. The number of anilines is 2. The van der Waals surface area contributed by atoms with E-state index in [1.165, 1.54) is 12.4 Å². The Bertz CT molecular complexity index is 1220. The SMILES string of the molecule is C=CC(=O)N(CCn1cc(-c2ccc(CO)cc2)c2c(N)ncnc21)c1ccccc1. The highest BCUT2D eigenvalue weighted by Gasteiger charge is 2.17. The Hall–Kier alpha value is -3.97. The number of amides is 1. The molecule has 0 atom stereocenters. The van der Waals surface area contributed by atoms with Crippen LogP contribution in [-0.4, -0.2) is 32.1 Å². The molecule has 1 amide bonds. The highest BCUT2D eigenvalue weighted by Crippen LogP contribution is 2.32. The van der Waals surface area contributed by atoms with Gasteiger partial charge < -0.3 is 20.3 Å². The molecular formula is C24H23N5O2. The lowest BCUT2D eigenvalue weighted by molar-refractivity contribution is -0.114. The second kappa shape index (κ2) is 8.81. The molecule has 3 N–H and O–H groups in total. The number of carbonyl (C=O) groups excluding carboxylic acids is 1. The maximum absolute atomic E-state index is 12.5. The quantitative estimate of drug-likeness (QED) is 0.453. The monoisotopic (exact) mass is 413 g/mol. The Labute approximate surface area is 180 Å². The number of nitrogen functional groups attached to an aromatic ring is 1. The second-order valence-electron chi connectivity index (χ2n) is 7.08. The number of nitrogens with zero attached hydrogens (tertiary/aromatic N) is 4. The Morgan fingerprint density at radius 1 is 1.13 bits per heavy atom. The van der Waals surface area contributed by atoms with Crippen LogP contribution >= 0.6 is 0 Å². The van der Waals surface area contributed by atoms with Crippen molar-refractivity contribution in [3.63, 3.8) is 0 Å². The molecule has 7 heteroatoms. The molecule has 0 radical (unpaired) electrons. The van der Waals surface area contributed by atoms with Gasteiger partial charge in [-0.2, -0.15) is 0 Å². The summed E-state index contributed by atoms with van der Waals surface area (Å²) in [6, 6.07) is 17.1. The number of para-hydroxylation sites is 1. The first-order valence-electron chi connectivity index (χ1n) is 9.91. The number of aromatic nitrogens is 3. The Morgan fingerprint density at radius 3 is 2.55 bits per heavy atom. The van der Waals surface area contributed by atoms with Crippen LogP contribution < -0.4 is 10.6 Å². The second-order valence-corrected chi connectivity index (χ2v) is 7.08. The molecule has 2 aromatic carbocycles. The van der Waals surface area contributed by atoms with Crippen molar-refractivity contribution in [2.75, 3.05) is 17.2 Å². The van der Waals surface area contributed by atoms with Gasteiger partial charge in [0.1, 0.15) is 17.8 Å². The van der Waals surface area contributed by atoms with Gasteiger partial charge in [0.25, 0.3) is 0 Å². The zero-order valence-corrected chi connectivity index (χ0v) is 17.0. The van der Waals surface area contributed by atoms with Crippen molar-refractivity contribution in [1.82, 2.24) is 14.5 Å². The minimum Gasteiger partial charge on any atom is -0.392 e. The normalized spacial score (nSPS) is 10.9. The number of rotatable bonds is 7. The lowest BCUT2D eigenvalue weighted by Gasteiger charge is -2.21. The Balaban J connectivity index is 1.71. The van der Waals surface area contributed by atoms with E-state index in [4.69, 9.17) is 5.73 Å². The summed E-state index contributed by atoms with van der Waals surface area (Å²) in [5.74, 6) is 0.226. The Morgan fingerprint density at radius 2 is 1.87 bits per heavy atom. The van der Waals surface area contributed by atoms with Crippen molar-refractivity contribution in [3.8, 4) is 11.1 Å². The van der Waals surface area contributed by atoms with Crippen LogP contribution in [0, 0.1) is 0 Å². The molecule has 0 aliphatic rings. The maximum atomic E-state index is 12.5.